The zero-order valence-electron chi connectivity index (χ0n) is 8.48. The van der Waals surface area contributed by atoms with Gasteiger partial charge in [0.1, 0.15) is 16.5 Å². The maximum Gasteiger partial charge on any atom is 0.143 e. The minimum Gasteiger partial charge on any atom is -0.508 e. The van der Waals surface area contributed by atoms with Crippen LogP contribution in [0.2, 0.25) is 10.0 Å². The summed E-state index contributed by atoms with van der Waals surface area (Å²) in [4.78, 5) is 0.484. The van der Waals surface area contributed by atoms with Gasteiger partial charge in [0.25, 0.3) is 0 Å². The summed E-state index contributed by atoms with van der Waals surface area (Å²) in [7, 11) is 0. The van der Waals surface area contributed by atoms with Gasteiger partial charge in [-0.2, -0.15) is 0 Å². The first-order valence-corrected chi connectivity index (χ1v) is 5.90. The maximum atomic E-state index is 9.91. The Balaban J connectivity index is 2.64. The van der Waals surface area contributed by atoms with E-state index in [9.17, 15) is 10.2 Å². The largest absolute Gasteiger partial charge is 0.508 e. The molecule has 2 aromatic rings. The lowest BCUT2D eigenvalue weighted by Crippen LogP contribution is -1.83. The Morgan fingerprint density at radius 1 is 0.941 bits per heavy atom. The van der Waals surface area contributed by atoms with Crippen molar-refractivity contribution in [3.63, 3.8) is 0 Å². The molecule has 88 valence electrons. The molecule has 0 aliphatic heterocycles. The van der Waals surface area contributed by atoms with Crippen molar-refractivity contribution in [2.24, 2.45) is 0 Å². The molecule has 2 aromatic carbocycles. The molecule has 17 heavy (non-hydrogen) atoms. The van der Waals surface area contributed by atoms with Gasteiger partial charge in [0, 0.05) is 10.5 Å². The summed E-state index contributed by atoms with van der Waals surface area (Å²) in [5.41, 5.74) is 1.23. The Kier molecular flexibility index (Phi) is 3.43. The molecule has 0 unspecified atom stereocenters. The first-order valence-electron chi connectivity index (χ1n) is 4.70. The SMILES string of the molecule is Oc1ccc(-c2cc(S)c(Cl)c(Cl)c2O)cc1. The van der Waals surface area contributed by atoms with Crippen molar-refractivity contribution in [1.29, 1.82) is 0 Å². The van der Waals surface area contributed by atoms with Gasteiger partial charge < -0.3 is 10.2 Å². The molecule has 0 heterocycles. The van der Waals surface area contributed by atoms with Crippen LogP contribution in [0.25, 0.3) is 11.1 Å². The van der Waals surface area contributed by atoms with Gasteiger partial charge >= 0.3 is 0 Å². The van der Waals surface area contributed by atoms with Gasteiger partial charge in [-0.15, -0.1) is 12.6 Å². The zero-order valence-corrected chi connectivity index (χ0v) is 10.9. The third kappa shape index (κ3) is 2.32. The van der Waals surface area contributed by atoms with Gasteiger partial charge in [-0.1, -0.05) is 35.3 Å². The maximum absolute atomic E-state index is 9.91. The number of benzene rings is 2. The fourth-order valence-electron chi connectivity index (χ4n) is 1.46. The highest BCUT2D eigenvalue weighted by atomic mass is 35.5. The normalized spacial score (nSPS) is 10.5. The smallest absolute Gasteiger partial charge is 0.143 e. The number of phenolic OH excluding ortho intramolecular Hbond substituents is 2. The summed E-state index contributed by atoms with van der Waals surface area (Å²) in [5.74, 6) is 0.0551. The van der Waals surface area contributed by atoms with Crippen molar-refractivity contribution in [3.8, 4) is 22.6 Å². The predicted octanol–water partition coefficient (Wildman–Crippen LogP) is 4.36. The van der Waals surface area contributed by atoms with Crippen LogP contribution in [0, 0.1) is 0 Å². The lowest BCUT2D eigenvalue weighted by molar-refractivity contribution is 0.474. The van der Waals surface area contributed by atoms with Crippen LogP contribution in [0.4, 0.5) is 0 Å². The van der Waals surface area contributed by atoms with Gasteiger partial charge in [-0.25, -0.2) is 0 Å². The molecule has 0 amide bonds. The van der Waals surface area contributed by atoms with E-state index in [2.05, 4.69) is 12.6 Å². The lowest BCUT2D eigenvalue weighted by Gasteiger charge is -2.10. The molecule has 0 spiro atoms. The molecule has 0 saturated carbocycles. The minimum absolute atomic E-state index is 0.0715. The lowest BCUT2D eigenvalue weighted by atomic mass is 10.0. The van der Waals surface area contributed by atoms with Crippen LogP contribution in [-0.2, 0) is 0 Å². The van der Waals surface area contributed by atoms with Crippen LogP contribution >= 0.6 is 35.8 Å². The molecule has 0 aliphatic rings. The summed E-state index contributed by atoms with van der Waals surface area (Å²) >= 11 is 15.9. The van der Waals surface area contributed by atoms with Gasteiger partial charge in [0.15, 0.2) is 0 Å². The molecule has 2 rings (SSSR count). The summed E-state index contributed by atoms with van der Waals surface area (Å²) in [5, 5.41) is 19.4. The second-order valence-electron chi connectivity index (χ2n) is 3.47. The first kappa shape index (κ1) is 12.4. The summed E-state index contributed by atoms with van der Waals surface area (Å²) in [6, 6.07) is 8.01. The Bertz CT molecular complexity index is 568. The van der Waals surface area contributed by atoms with Crippen molar-refractivity contribution in [2.45, 2.75) is 4.90 Å². The van der Waals surface area contributed by atoms with E-state index in [-0.39, 0.29) is 21.5 Å². The van der Waals surface area contributed by atoms with Crippen molar-refractivity contribution in [2.75, 3.05) is 0 Å². The fraction of sp³-hybridized carbons (Fsp3) is 0. The summed E-state index contributed by atoms with van der Waals surface area (Å²) in [6.45, 7) is 0. The Labute approximate surface area is 114 Å². The van der Waals surface area contributed by atoms with Crippen molar-refractivity contribution in [1.82, 2.24) is 0 Å². The van der Waals surface area contributed by atoms with E-state index < -0.39 is 0 Å². The fourth-order valence-corrected chi connectivity index (χ4v) is 2.12. The molecule has 0 saturated heterocycles. The first-order chi connectivity index (χ1) is 8.00. The minimum atomic E-state index is -0.0971. The third-order valence-corrected chi connectivity index (χ3v) is 3.68. The molecule has 2 N–H and O–H groups in total. The number of thiol groups is 1. The van der Waals surface area contributed by atoms with Crippen LogP contribution in [0.5, 0.6) is 11.5 Å². The summed E-state index contributed by atoms with van der Waals surface area (Å²) < 4.78 is 0. The highest BCUT2D eigenvalue weighted by molar-refractivity contribution is 7.80. The number of hydrogen-bond donors (Lipinski definition) is 3. The molecule has 2 nitrogen and oxygen atoms in total. The average molecular weight is 287 g/mol. The molecule has 0 aromatic heterocycles. The van der Waals surface area contributed by atoms with Crippen molar-refractivity contribution < 1.29 is 10.2 Å². The van der Waals surface area contributed by atoms with Crippen LogP contribution < -0.4 is 0 Å². The second kappa shape index (κ2) is 4.69. The van der Waals surface area contributed by atoms with Crippen molar-refractivity contribution in [3.05, 3.63) is 40.4 Å². The van der Waals surface area contributed by atoms with E-state index in [1.54, 1.807) is 18.2 Å². The molecular formula is C12H8Cl2O2S. The van der Waals surface area contributed by atoms with E-state index in [0.717, 1.165) is 0 Å². The Morgan fingerprint density at radius 2 is 1.53 bits per heavy atom. The van der Waals surface area contributed by atoms with Gasteiger partial charge in [0.2, 0.25) is 0 Å². The number of hydrogen-bond acceptors (Lipinski definition) is 3. The van der Waals surface area contributed by atoms with E-state index in [4.69, 9.17) is 23.2 Å². The van der Waals surface area contributed by atoms with Gasteiger partial charge in [0.05, 0.1) is 5.02 Å². The van der Waals surface area contributed by atoms with E-state index in [0.29, 0.717) is 16.0 Å². The van der Waals surface area contributed by atoms with Crippen LogP contribution in [0.1, 0.15) is 0 Å². The third-order valence-electron chi connectivity index (χ3n) is 2.34. The van der Waals surface area contributed by atoms with Crippen molar-refractivity contribution >= 4 is 35.8 Å². The monoisotopic (exact) mass is 286 g/mol. The number of halogens is 2. The highest BCUT2D eigenvalue weighted by Gasteiger charge is 2.14. The van der Waals surface area contributed by atoms with Crippen LogP contribution in [0.3, 0.4) is 0 Å². The molecule has 0 atom stereocenters. The average Bonchev–Trinajstić information content (AvgIpc) is 2.32. The van der Waals surface area contributed by atoms with E-state index in [1.807, 2.05) is 0 Å². The van der Waals surface area contributed by atoms with E-state index in [1.165, 1.54) is 12.1 Å². The number of phenols is 2. The van der Waals surface area contributed by atoms with Crippen LogP contribution in [0.15, 0.2) is 35.2 Å². The number of aromatic hydroxyl groups is 2. The topological polar surface area (TPSA) is 40.5 Å². The molecule has 5 heteroatoms. The quantitative estimate of drug-likeness (QED) is 0.682. The predicted molar refractivity (Wildman–Crippen MR) is 72.5 cm³/mol. The highest BCUT2D eigenvalue weighted by Crippen LogP contribution is 2.43. The second-order valence-corrected chi connectivity index (χ2v) is 4.70. The van der Waals surface area contributed by atoms with Crippen LogP contribution in [-0.4, -0.2) is 10.2 Å². The van der Waals surface area contributed by atoms with Gasteiger partial charge in [-0.3, -0.25) is 0 Å². The Morgan fingerprint density at radius 3 is 2.12 bits per heavy atom. The summed E-state index contributed by atoms with van der Waals surface area (Å²) in [6.07, 6.45) is 0. The number of rotatable bonds is 1. The zero-order chi connectivity index (χ0) is 12.6. The molecule has 0 aliphatic carbocycles. The van der Waals surface area contributed by atoms with E-state index >= 15 is 0 Å². The molecule has 0 bridgehead atoms. The molecular weight excluding hydrogens is 279 g/mol. The standard InChI is InChI=1S/C12H8Cl2O2S/c13-10-9(17)5-8(12(16)11(10)14)6-1-3-7(15)4-2-6/h1-5,15-17H. The molecule has 0 fully saturated rings. The molecule has 0 radical (unpaired) electrons. The van der Waals surface area contributed by atoms with Gasteiger partial charge in [-0.05, 0) is 23.8 Å². The Hall–Kier alpha value is -1.03.